The Bertz CT molecular complexity index is 1410. The van der Waals surface area contributed by atoms with Gasteiger partial charge in [0.1, 0.15) is 17.8 Å². The monoisotopic (exact) mass is 463 g/mol. The molecule has 4 aromatic rings. The molecule has 33 heavy (non-hydrogen) atoms. The third kappa shape index (κ3) is 4.24. The number of nitrogens with zero attached hydrogens (tertiary/aromatic N) is 4. The Hall–Kier alpha value is -3.92. The molecule has 0 fully saturated rings. The molecule has 1 N–H and O–H groups in total. The van der Waals surface area contributed by atoms with Crippen LogP contribution in [0.15, 0.2) is 65.8 Å². The SMILES string of the molecule is Cc1ncn(-c2ccc(Oc3ccc(NS(=O)(=O)c4ccc5c(c4)CCO5)cc3)nn2)c1C. The molecule has 2 aromatic carbocycles. The normalized spacial score (nSPS) is 12.8. The lowest BCUT2D eigenvalue weighted by atomic mass is 10.2. The third-order valence-corrected chi connectivity index (χ3v) is 6.80. The number of benzene rings is 2. The van der Waals surface area contributed by atoms with E-state index < -0.39 is 10.0 Å². The van der Waals surface area contributed by atoms with Gasteiger partial charge in [-0.3, -0.25) is 9.29 Å². The number of nitrogens with one attached hydrogen (secondary N) is 1. The average molecular weight is 464 g/mol. The Labute approximate surface area is 191 Å². The molecule has 0 unspecified atom stereocenters. The van der Waals surface area contributed by atoms with Gasteiger partial charge in [0, 0.05) is 23.9 Å². The van der Waals surface area contributed by atoms with Crippen LogP contribution < -0.4 is 14.2 Å². The van der Waals surface area contributed by atoms with Crippen LogP contribution in [0.1, 0.15) is 17.0 Å². The summed E-state index contributed by atoms with van der Waals surface area (Å²) in [6.45, 7) is 4.47. The maximum absolute atomic E-state index is 12.7. The van der Waals surface area contributed by atoms with E-state index in [0.29, 0.717) is 36.2 Å². The summed E-state index contributed by atoms with van der Waals surface area (Å²) in [5.41, 5.74) is 3.24. The van der Waals surface area contributed by atoms with Crippen LogP contribution in [0.5, 0.6) is 17.4 Å². The van der Waals surface area contributed by atoms with Gasteiger partial charge in [-0.15, -0.1) is 10.2 Å². The number of aryl methyl sites for hydroxylation is 1. The quantitative estimate of drug-likeness (QED) is 0.463. The van der Waals surface area contributed by atoms with E-state index in [1.54, 1.807) is 60.9 Å². The van der Waals surface area contributed by atoms with Crippen molar-refractivity contribution in [2.45, 2.75) is 25.2 Å². The number of hydrogen-bond donors (Lipinski definition) is 1. The fraction of sp³-hybridized carbons (Fsp3) is 0.174. The van der Waals surface area contributed by atoms with Crippen molar-refractivity contribution in [2.24, 2.45) is 0 Å². The van der Waals surface area contributed by atoms with Gasteiger partial charge in [-0.25, -0.2) is 13.4 Å². The molecule has 0 saturated carbocycles. The number of sulfonamides is 1. The highest BCUT2D eigenvalue weighted by atomic mass is 32.2. The van der Waals surface area contributed by atoms with Crippen LogP contribution in [-0.4, -0.2) is 34.8 Å². The second kappa shape index (κ2) is 8.21. The van der Waals surface area contributed by atoms with Gasteiger partial charge in [0.05, 0.1) is 17.2 Å². The van der Waals surface area contributed by atoms with Gasteiger partial charge < -0.3 is 9.47 Å². The Morgan fingerprint density at radius 1 is 1.03 bits per heavy atom. The van der Waals surface area contributed by atoms with Crippen molar-refractivity contribution in [1.82, 2.24) is 19.7 Å². The summed E-state index contributed by atoms with van der Waals surface area (Å²) in [6.07, 6.45) is 2.40. The Morgan fingerprint density at radius 3 is 2.55 bits per heavy atom. The first-order valence-corrected chi connectivity index (χ1v) is 11.8. The van der Waals surface area contributed by atoms with Crippen LogP contribution in [0.4, 0.5) is 5.69 Å². The Morgan fingerprint density at radius 2 is 1.85 bits per heavy atom. The topological polar surface area (TPSA) is 108 Å². The lowest BCUT2D eigenvalue weighted by Crippen LogP contribution is -2.13. The van der Waals surface area contributed by atoms with E-state index in [-0.39, 0.29) is 4.90 Å². The fourth-order valence-electron chi connectivity index (χ4n) is 3.48. The van der Waals surface area contributed by atoms with Gasteiger partial charge in [-0.1, -0.05) is 0 Å². The summed E-state index contributed by atoms with van der Waals surface area (Å²) >= 11 is 0. The summed E-state index contributed by atoms with van der Waals surface area (Å²) in [4.78, 5) is 4.46. The van der Waals surface area contributed by atoms with Crippen molar-refractivity contribution in [1.29, 1.82) is 0 Å². The first-order valence-electron chi connectivity index (χ1n) is 10.3. The number of rotatable bonds is 6. The summed E-state index contributed by atoms with van der Waals surface area (Å²) in [7, 11) is -3.72. The highest BCUT2D eigenvalue weighted by Gasteiger charge is 2.19. The molecule has 1 aliphatic rings. The number of anilines is 1. The van der Waals surface area contributed by atoms with Crippen molar-refractivity contribution in [2.75, 3.05) is 11.3 Å². The summed E-state index contributed by atoms with van der Waals surface area (Å²) in [5.74, 6) is 2.21. The van der Waals surface area contributed by atoms with Gasteiger partial charge in [-0.05, 0) is 67.9 Å². The minimum atomic E-state index is -3.72. The second-order valence-electron chi connectivity index (χ2n) is 7.62. The van der Waals surface area contributed by atoms with Crippen molar-refractivity contribution in [3.8, 4) is 23.2 Å². The van der Waals surface area contributed by atoms with Crippen LogP contribution in [0, 0.1) is 13.8 Å². The summed E-state index contributed by atoms with van der Waals surface area (Å²) in [5, 5.41) is 8.30. The van der Waals surface area contributed by atoms with Gasteiger partial charge in [0.2, 0.25) is 5.88 Å². The van der Waals surface area contributed by atoms with E-state index in [9.17, 15) is 8.42 Å². The molecule has 0 saturated heterocycles. The van der Waals surface area contributed by atoms with E-state index in [1.807, 2.05) is 18.4 Å². The van der Waals surface area contributed by atoms with E-state index >= 15 is 0 Å². The summed E-state index contributed by atoms with van der Waals surface area (Å²) in [6, 6.07) is 15.0. The average Bonchev–Trinajstić information content (AvgIpc) is 3.41. The molecule has 168 valence electrons. The molecule has 5 rings (SSSR count). The van der Waals surface area contributed by atoms with Crippen molar-refractivity contribution in [3.63, 3.8) is 0 Å². The molecule has 9 nitrogen and oxygen atoms in total. The smallest absolute Gasteiger partial charge is 0.261 e. The van der Waals surface area contributed by atoms with Gasteiger partial charge in [0.25, 0.3) is 10.0 Å². The molecular formula is C23H21N5O4S. The third-order valence-electron chi connectivity index (χ3n) is 5.42. The van der Waals surface area contributed by atoms with Crippen molar-refractivity contribution < 1.29 is 17.9 Å². The van der Waals surface area contributed by atoms with Gasteiger partial charge in [0.15, 0.2) is 5.82 Å². The van der Waals surface area contributed by atoms with Crippen molar-refractivity contribution >= 4 is 15.7 Å². The molecule has 0 radical (unpaired) electrons. The maximum atomic E-state index is 12.7. The van der Waals surface area contributed by atoms with Gasteiger partial charge >= 0.3 is 0 Å². The predicted molar refractivity (Wildman–Crippen MR) is 122 cm³/mol. The van der Waals surface area contributed by atoms with Crippen LogP contribution in [0.3, 0.4) is 0 Å². The van der Waals surface area contributed by atoms with Crippen LogP contribution in [0.2, 0.25) is 0 Å². The summed E-state index contributed by atoms with van der Waals surface area (Å²) < 4.78 is 41.1. The van der Waals surface area contributed by atoms with E-state index in [2.05, 4.69) is 19.9 Å². The number of imidazole rings is 1. The highest BCUT2D eigenvalue weighted by Crippen LogP contribution is 2.29. The number of hydrogen-bond acceptors (Lipinski definition) is 7. The second-order valence-corrected chi connectivity index (χ2v) is 9.30. The molecule has 0 aliphatic carbocycles. The molecule has 2 aromatic heterocycles. The molecule has 10 heteroatoms. The van der Waals surface area contributed by atoms with Gasteiger partial charge in [-0.2, -0.15) is 0 Å². The lowest BCUT2D eigenvalue weighted by Gasteiger charge is -2.10. The first kappa shape index (κ1) is 21.0. The maximum Gasteiger partial charge on any atom is 0.261 e. The standard InChI is InChI=1S/C23H21N5O4S/c1-15-16(2)28(14-24-15)22-9-10-23(26-25-22)32-19-5-3-18(4-6-19)27-33(29,30)20-7-8-21-17(13-20)11-12-31-21/h3-10,13-14,27H,11-12H2,1-2H3. The largest absolute Gasteiger partial charge is 0.493 e. The molecule has 1 aliphatic heterocycles. The Balaban J connectivity index is 1.26. The van der Waals surface area contributed by atoms with Crippen LogP contribution in [-0.2, 0) is 16.4 Å². The molecule has 0 amide bonds. The fourth-order valence-corrected chi connectivity index (χ4v) is 4.59. The minimum absolute atomic E-state index is 0.200. The molecule has 0 bridgehead atoms. The van der Waals surface area contributed by atoms with Crippen LogP contribution >= 0.6 is 0 Å². The minimum Gasteiger partial charge on any atom is -0.493 e. The number of fused-ring (bicyclic) bond motifs is 1. The molecule has 0 atom stereocenters. The number of aromatic nitrogens is 4. The predicted octanol–water partition coefficient (Wildman–Crippen LogP) is 3.81. The van der Waals surface area contributed by atoms with E-state index in [0.717, 1.165) is 22.7 Å². The zero-order valence-electron chi connectivity index (χ0n) is 18.0. The van der Waals surface area contributed by atoms with E-state index in [1.165, 1.54) is 0 Å². The molecule has 3 heterocycles. The number of ether oxygens (including phenoxy) is 2. The van der Waals surface area contributed by atoms with Crippen molar-refractivity contribution in [3.05, 3.63) is 77.9 Å². The highest BCUT2D eigenvalue weighted by molar-refractivity contribution is 7.92. The lowest BCUT2D eigenvalue weighted by molar-refractivity contribution is 0.356. The molecular weight excluding hydrogens is 442 g/mol. The first-order chi connectivity index (χ1) is 15.9. The molecule has 0 spiro atoms. The zero-order chi connectivity index (χ0) is 23.0. The Kier molecular flexibility index (Phi) is 5.21. The zero-order valence-corrected chi connectivity index (χ0v) is 18.8. The van der Waals surface area contributed by atoms with E-state index in [4.69, 9.17) is 9.47 Å². The van der Waals surface area contributed by atoms with Crippen LogP contribution in [0.25, 0.3) is 5.82 Å².